The van der Waals surface area contributed by atoms with E-state index in [-0.39, 0.29) is 48.3 Å². The predicted molar refractivity (Wildman–Crippen MR) is 206 cm³/mol. The van der Waals surface area contributed by atoms with Crippen molar-refractivity contribution >= 4 is 44.6 Å². The zero-order chi connectivity index (χ0) is 43.5. The molecule has 3 fully saturated rings. The van der Waals surface area contributed by atoms with Gasteiger partial charge in [-0.05, 0) is 94.7 Å². The summed E-state index contributed by atoms with van der Waals surface area (Å²) in [6.07, 6.45) is -3.11. The zero-order valence-corrected chi connectivity index (χ0v) is 34.6. The number of amides is 4. The number of sulfonamides is 1. The fraction of sp³-hybridized carbons (Fsp3) is 0.625. The highest BCUT2D eigenvalue weighted by atomic mass is 32.2. The molecule has 14 nitrogen and oxygen atoms in total. The van der Waals surface area contributed by atoms with Crippen LogP contribution in [0.25, 0.3) is 10.8 Å². The van der Waals surface area contributed by atoms with Crippen molar-refractivity contribution < 1.29 is 59.7 Å². The molecule has 4 aliphatic rings. The third-order valence-corrected chi connectivity index (χ3v) is 14.7. The second-order valence-electron chi connectivity index (χ2n) is 17.1. The number of nitrogens with zero attached hydrogens (tertiary/aromatic N) is 3. The molecule has 2 aliphatic carbocycles. The number of methoxy groups -OCH3 is 1. The van der Waals surface area contributed by atoms with Crippen molar-refractivity contribution in [3.05, 3.63) is 42.2 Å². The molecule has 4 amide bonds. The number of fused-ring (bicyclic) bond motifs is 3. The lowest BCUT2D eigenvalue weighted by molar-refractivity contribution is -0.222. The molecule has 1 aromatic heterocycles. The highest BCUT2D eigenvalue weighted by Gasteiger charge is 2.64. The molecule has 2 saturated carbocycles. The fourth-order valence-corrected chi connectivity index (χ4v) is 9.61. The van der Waals surface area contributed by atoms with Gasteiger partial charge >= 0.3 is 12.3 Å². The molecule has 1 saturated heterocycles. The zero-order valence-electron chi connectivity index (χ0n) is 33.8. The van der Waals surface area contributed by atoms with Gasteiger partial charge in [-0.1, -0.05) is 32.4 Å². The second kappa shape index (κ2) is 15.7. The highest BCUT2D eigenvalue weighted by Crippen LogP contribution is 2.48. The molecule has 19 heteroatoms. The number of hydrogen-bond acceptors (Lipinski definition) is 9. The van der Waals surface area contributed by atoms with Crippen LogP contribution in [0.3, 0.4) is 0 Å². The number of ether oxygens (including phenoxy) is 2. The van der Waals surface area contributed by atoms with Crippen LogP contribution in [0.5, 0.6) is 11.8 Å². The van der Waals surface area contributed by atoms with Crippen LogP contribution in [0.15, 0.2) is 36.4 Å². The summed E-state index contributed by atoms with van der Waals surface area (Å²) in [6, 6.07) is 1.80. The molecule has 7 atom stereocenters. The van der Waals surface area contributed by atoms with E-state index in [0.29, 0.717) is 50.3 Å². The molecular weight excluding hydrogens is 803 g/mol. The van der Waals surface area contributed by atoms with Gasteiger partial charge in [-0.2, -0.15) is 18.2 Å². The minimum Gasteiger partial charge on any atom is -0.481 e. The topological polar surface area (TPSA) is 185 Å². The Morgan fingerprint density at radius 3 is 2.46 bits per heavy atom. The van der Waals surface area contributed by atoms with Gasteiger partial charge in [0.05, 0.1) is 18.4 Å². The Bertz CT molecular complexity index is 2150. The Balaban J connectivity index is 1.45. The van der Waals surface area contributed by atoms with Crippen LogP contribution < -0.4 is 19.5 Å². The summed E-state index contributed by atoms with van der Waals surface area (Å²) >= 11 is 0. The Kier molecular flexibility index (Phi) is 11.7. The number of rotatable bonds is 9. The largest absolute Gasteiger partial charge is 0.481 e. The average Bonchev–Trinajstić information content (AvgIpc) is 4.03. The van der Waals surface area contributed by atoms with Crippen LogP contribution in [0.1, 0.15) is 86.0 Å². The molecule has 2 aromatic rings. The van der Waals surface area contributed by atoms with Crippen LogP contribution in [0.4, 0.5) is 22.4 Å². The summed E-state index contributed by atoms with van der Waals surface area (Å²) in [5, 5.41) is 13.9. The third-order valence-electron chi connectivity index (χ3n) is 12.6. The number of aromatic nitrogens is 1. The third kappa shape index (κ3) is 8.40. The molecule has 0 spiro atoms. The van der Waals surface area contributed by atoms with Crippen molar-refractivity contribution in [1.82, 2.24) is 24.8 Å². The number of alkyl halides is 3. The van der Waals surface area contributed by atoms with Gasteiger partial charge in [-0.15, -0.1) is 0 Å². The van der Waals surface area contributed by atoms with E-state index in [1.807, 2.05) is 6.92 Å². The highest BCUT2D eigenvalue weighted by molar-refractivity contribution is 7.91. The van der Waals surface area contributed by atoms with Crippen LogP contribution >= 0.6 is 0 Å². The lowest BCUT2D eigenvalue weighted by Gasteiger charge is -2.46. The van der Waals surface area contributed by atoms with Crippen LogP contribution in [0, 0.1) is 23.6 Å². The molecule has 0 unspecified atom stereocenters. The number of benzene rings is 1. The van der Waals surface area contributed by atoms with Crippen LogP contribution in [0.2, 0.25) is 0 Å². The Hall–Kier alpha value is -4.68. The van der Waals surface area contributed by atoms with Crippen LogP contribution in [-0.4, -0.2) is 106 Å². The first-order chi connectivity index (χ1) is 27.5. The number of pyridine rings is 1. The smallest absolute Gasteiger partial charge is 0.411 e. The maximum atomic E-state index is 15.1. The van der Waals surface area contributed by atoms with Gasteiger partial charge < -0.3 is 24.8 Å². The van der Waals surface area contributed by atoms with Gasteiger partial charge in [0, 0.05) is 23.8 Å². The number of carbonyl (C=O) groups is 4. The van der Waals surface area contributed by atoms with E-state index in [9.17, 15) is 45.5 Å². The first kappa shape index (κ1) is 43.9. The normalized spacial score (nSPS) is 28.7. The average molecular weight is 854 g/mol. The Morgan fingerprint density at radius 2 is 1.85 bits per heavy atom. The van der Waals surface area contributed by atoms with E-state index in [2.05, 4.69) is 15.0 Å². The summed E-state index contributed by atoms with van der Waals surface area (Å²) in [7, 11) is -2.82. The quantitative estimate of drug-likeness (QED) is 0.209. The van der Waals surface area contributed by atoms with Crippen molar-refractivity contribution in [3.63, 3.8) is 0 Å². The summed E-state index contributed by atoms with van der Waals surface area (Å²) in [5.41, 5.74) is -4.82. The number of carboxylic acid groups (broad SMARTS) is 1. The first-order valence-electron chi connectivity index (χ1n) is 19.7. The minimum absolute atomic E-state index is 0.0207. The number of nitrogens with one attached hydrogen (secondary N) is 2. The van der Waals surface area contributed by atoms with Crippen molar-refractivity contribution in [2.24, 2.45) is 17.8 Å². The Labute approximate surface area is 340 Å². The number of halogens is 4. The molecule has 3 N–H and O–H groups in total. The molecular formula is C40H51F4N5O9S. The molecule has 2 aliphatic heterocycles. The van der Waals surface area contributed by atoms with Gasteiger partial charge in [0.2, 0.25) is 33.6 Å². The molecule has 324 valence electrons. The molecule has 6 rings (SSSR count). The SMILES string of the molecule is CC[C@@H]1C[C@@H](C)CCC=C[C@@H]2C[C@@]2(C(=O)NS(=O)(=O)C2(C)CC2)NC(=O)[C@@H]2C[C@@H](Oc3nc(OC)cc4cc(F)ccc34)CN2C(=O)[C@H]1N(C(=O)O)C(C)(C)C(F)(F)F. The van der Waals surface area contributed by atoms with Gasteiger partial charge in [0.25, 0.3) is 5.91 Å². The van der Waals surface area contributed by atoms with Gasteiger partial charge in [0.15, 0.2) is 0 Å². The summed E-state index contributed by atoms with van der Waals surface area (Å²) in [5.74, 6) is -5.35. The molecule has 0 bridgehead atoms. The van der Waals surface area contributed by atoms with E-state index >= 15 is 4.79 Å². The maximum Gasteiger partial charge on any atom is 0.411 e. The van der Waals surface area contributed by atoms with E-state index in [4.69, 9.17) is 9.47 Å². The van der Waals surface area contributed by atoms with Crippen molar-refractivity contribution in [2.45, 2.75) is 126 Å². The van der Waals surface area contributed by atoms with Gasteiger partial charge in [-0.25, -0.2) is 17.6 Å². The van der Waals surface area contributed by atoms with E-state index in [1.54, 1.807) is 19.1 Å². The molecule has 3 heterocycles. The molecule has 1 aromatic carbocycles. The van der Waals surface area contributed by atoms with Gasteiger partial charge in [0.1, 0.15) is 35.1 Å². The Morgan fingerprint density at radius 1 is 1.15 bits per heavy atom. The van der Waals surface area contributed by atoms with E-state index in [1.165, 1.54) is 38.3 Å². The lowest BCUT2D eigenvalue weighted by Crippen LogP contribution is -2.66. The second-order valence-corrected chi connectivity index (χ2v) is 19.3. The van der Waals surface area contributed by atoms with Crippen LogP contribution in [-0.2, 0) is 24.4 Å². The maximum absolute atomic E-state index is 15.1. The monoisotopic (exact) mass is 853 g/mol. The first-order valence-corrected chi connectivity index (χ1v) is 21.2. The molecule has 0 radical (unpaired) electrons. The minimum atomic E-state index is -5.12. The van der Waals surface area contributed by atoms with E-state index in [0.717, 1.165) is 4.90 Å². The van der Waals surface area contributed by atoms with Gasteiger partial charge in [-0.3, -0.25) is 24.0 Å². The number of carbonyl (C=O) groups excluding carboxylic acids is 3. The lowest BCUT2D eigenvalue weighted by atomic mass is 9.82. The van der Waals surface area contributed by atoms with Crippen molar-refractivity contribution in [1.29, 1.82) is 0 Å². The fourth-order valence-electron chi connectivity index (χ4n) is 8.30. The number of hydrogen-bond donors (Lipinski definition) is 3. The van der Waals surface area contributed by atoms with E-state index < -0.39 is 98.2 Å². The standard InChI is InChI=1S/C40H51F4N5O9S/c1-7-23-16-22(2)10-8-9-11-25-20-39(25,35(52)47-59(55,56)38(5)14-15-38)46-32(50)29-19-27(58-33-28-13-12-26(41)17-24(28)18-30(45-33)57-6)21-48(29)34(51)31(23)49(36(53)54)37(3,4)40(42,43)44/h9,11-13,17-18,22-23,25,27,29,31H,7-8,10,14-16,19-21H2,1-6H3,(H,46,50)(H,47,52)(H,53,54)/t22-,23+,25+,27+,29-,31-,39+/m0/s1. The summed E-state index contributed by atoms with van der Waals surface area (Å²) in [6.45, 7) is 5.93. The summed E-state index contributed by atoms with van der Waals surface area (Å²) in [4.78, 5) is 62.2. The number of allylic oxidation sites excluding steroid dienone is 1. The summed E-state index contributed by atoms with van der Waals surface area (Å²) < 4.78 is 97.7. The van der Waals surface area contributed by atoms with Crippen molar-refractivity contribution in [3.8, 4) is 11.8 Å². The van der Waals surface area contributed by atoms with Crippen molar-refractivity contribution in [2.75, 3.05) is 13.7 Å². The predicted octanol–water partition coefficient (Wildman–Crippen LogP) is 5.70. The molecule has 59 heavy (non-hydrogen) atoms.